The summed E-state index contributed by atoms with van der Waals surface area (Å²) in [6.07, 6.45) is -0.374. The van der Waals surface area contributed by atoms with Gasteiger partial charge >= 0.3 is 0 Å². The molecule has 0 aromatic heterocycles. The highest BCUT2D eigenvalue weighted by Crippen LogP contribution is 2.21. The van der Waals surface area contributed by atoms with Gasteiger partial charge in [-0.15, -0.1) is 0 Å². The van der Waals surface area contributed by atoms with Crippen molar-refractivity contribution in [1.29, 1.82) is 0 Å². The number of rotatable bonds is 3. The van der Waals surface area contributed by atoms with Crippen LogP contribution in [0.4, 0.5) is 4.39 Å². The zero-order valence-electron chi connectivity index (χ0n) is 7.83. The topological polar surface area (TPSA) is 35.2 Å². The summed E-state index contributed by atoms with van der Waals surface area (Å²) in [6.45, 7) is 1.79. The van der Waals surface area contributed by atoms with Crippen LogP contribution in [0.5, 0.6) is 0 Å². The first-order valence-electron chi connectivity index (χ1n) is 4.19. The molecule has 0 spiro atoms. The summed E-state index contributed by atoms with van der Waals surface area (Å²) in [7, 11) is 1.53. The number of hydrogen-bond donors (Lipinski definition) is 1. The number of nitrogens with two attached hydrogens (primary N) is 1. The Balaban J connectivity index is 2.97. The second kappa shape index (κ2) is 4.35. The molecule has 2 N–H and O–H groups in total. The fourth-order valence-corrected chi connectivity index (χ4v) is 1.33. The third-order valence-electron chi connectivity index (χ3n) is 1.94. The van der Waals surface area contributed by atoms with Gasteiger partial charge in [-0.2, -0.15) is 0 Å². The van der Waals surface area contributed by atoms with Crippen LogP contribution in [0.3, 0.4) is 0 Å². The van der Waals surface area contributed by atoms with Gasteiger partial charge in [0.25, 0.3) is 0 Å². The van der Waals surface area contributed by atoms with E-state index >= 15 is 0 Å². The van der Waals surface area contributed by atoms with E-state index in [1.165, 1.54) is 13.2 Å². The average molecular weight is 183 g/mol. The lowest BCUT2D eigenvalue weighted by atomic mass is 10.0. The minimum absolute atomic E-state index is 0.220. The maximum Gasteiger partial charge on any atom is 0.129 e. The predicted octanol–water partition coefficient (Wildman–Crippen LogP) is 1.86. The van der Waals surface area contributed by atoms with E-state index in [0.717, 1.165) is 0 Å². The van der Waals surface area contributed by atoms with E-state index in [4.69, 9.17) is 10.5 Å². The van der Waals surface area contributed by atoms with E-state index in [9.17, 15) is 4.39 Å². The lowest BCUT2D eigenvalue weighted by Gasteiger charge is -2.19. The van der Waals surface area contributed by atoms with Crippen molar-refractivity contribution in [2.75, 3.05) is 7.11 Å². The minimum atomic E-state index is -0.374. The molecule has 3 heteroatoms. The van der Waals surface area contributed by atoms with E-state index in [2.05, 4.69) is 0 Å². The molecule has 2 atom stereocenters. The molecule has 0 saturated carbocycles. The number of ether oxygens (including phenoxy) is 1. The largest absolute Gasteiger partial charge is 0.375 e. The Morgan fingerprint density at radius 1 is 1.38 bits per heavy atom. The summed E-state index contributed by atoms with van der Waals surface area (Å²) in [5.74, 6) is -0.272. The molecule has 0 bridgehead atoms. The van der Waals surface area contributed by atoms with Crippen molar-refractivity contribution in [3.8, 4) is 0 Å². The third kappa shape index (κ3) is 2.26. The summed E-state index contributed by atoms with van der Waals surface area (Å²) in [5, 5.41) is 0. The molecule has 1 rings (SSSR count). The first kappa shape index (κ1) is 10.2. The number of hydrogen-bond acceptors (Lipinski definition) is 2. The van der Waals surface area contributed by atoms with Crippen LogP contribution < -0.4 is 5.73 Å². The highest BCUT2D eigenvalue weighted by molar-refractivity contribution is 5.21. The van der Waals surface area contributed by atoms with Crippen LogP contribution >= 0.6 is 0 Å². The molecule has 0 saturated heterocycles. The van der Waals surface area contributed by atoms with Crippen molar-refractivity contribution in [1.82, 2.24) is 0 Å². The van der Waals surface area contributed by atoms with Crippen LogP contribution in [-0.4, -0.2) is 13.2 Å². The Morgan fingerprint density at radius 3 is 2.46 bits per heavy atom. The second-order valence-electron chi connectivity index (χ2n) is 3.04. The van der Waals surface area contributed by atoms with Crippen LogP contribution in [0.2, 0.25) is 0 Å². The molecule has 2 nitrogen and oxygen atoms in total. The van der Waals surface area contributed by atoms with E-state index < -0.39 is 0 Å². The van der Waals surface area contributed by atoms with Crippen molar-refractivity contribution in [3.63, 3.8) is 0 Å². The maximum atomic E-state index is 13.3. The summed E-state index contributed by atoms with van der Waals surface area (Å²) in [6, 6.07) is 6.29. The molecule has 13 heavy (non-hydrogen) atoms. The first-order chi connectivity index (χ1) is 6.16. The van der Waals surface area contributed by atoms with E-state index in [0.29, 0.717) is 5.56 Å². The minimum Gasteiger partial charge on any atom is -0.375 e. The van der Waals surface area contributed by atoms with Crippen LogP contribution in [-0.2, 0) is 4.74 Å². The smallest absolute Gasteiger partial charge is 0.129 e. The Kier molecular flexibility index (Phi) is 3.39. The highest BCUT2D eigenvalue weighted by atomic mass is 19.1. The number of halogens is 1. The zero-order chi connectivity index (χ0) is 9.84. The molecule has 0 aliphatic rings. The van der Waals surface area contributed by atoms with Crippen molar-refractivity contribution in [3.05, 3.63) is 35.6 Å². The normalized spacial score (nSPS) is 15.4. The molecule has 0 fully saturated rings. The van der Waals surface area contributed by atoms with E-state index in [1.807, 2.05) is 0 Å². The molecule has 0 heterocycles. The SMILES string of the molecule is CO[C@H](c1ccccc1F)[C@@H](C)N. The standard InChI is InChI=1S/C10H14FNO/c1-7(12)10(13-2)8-5-3-4-6-9(8)11/h3-7,10H,12H2,1-2H3/t7-,10+/m1/s1. The lowest BCUT2D eigenvalue weighted by molar-refractivity contribution is 0.0823. The lowest BCUT2D eigenvalue weighted by Crippen LogP contribution is -2.26. The van der Waals surface area contributed by atoms with Gasteiger partial charge in [0.1, 0.15) is 5.82 Å². The van der Waals surface area contributed by atoms with Gasteiger partial charge in [0, 0.05) is 18.7 Å². The van der Waals surface area contributed by atoms with Crippen LogP contribution in [0.1, 0.15) is 18.6 Å². The van der Waals surface area contributed by atoms with Crippen LogP contribution in [0.15, 0.2) is 24.3 Å². The second-order valence-corrected chi connectivity index (χ2v) is 3.04. The van der Waals surface area contributed by atoms with E-state index in [-0.39, 0.29) is 18.0 Å². The van der Waals surface area contributed by atoms with E-state index in [1.54, 1.807) is 25.1 Å². The quantitative estimate of drug-likeness (QED) is 0.776. The molecule has 0 aliphatic heterocycles. The fourth-order valence-electron chi connectivity index (χ4n) is 1.33. The Hall–Kier alpha value is -0.930. The Bertz CT molecular complexity index is 275. The molecule has 0 radical (unpaired) electrons. The maximum absolute atomic E-state index is 13.3. The van der Waals surface area contributed by atoms with Gasteiger partial charge in [0.15, 0.2) is 0 Å². The molecule has 0 aliphatic carbocycles. The average Bonchev–Trinajstić information content (AvgIpc) is 2.09. The summed E-state index contributed by atoms with van der Waals surface area (Å²) >= 11 is 0. The van der Waals surface area contributed by atoms with Gasteiger partial charge < -0.3 is 10.5 Å². The number of benzene rings is 1. The number of methoxy groups -OCH3 is 1. The molecular formula is C10H14FNO. The fraction of sp³-hybridized carbons (Fsp3) is 0.400. The molecular weight excluding hydrogens is 169 g/mol. The van der Waals surface area contributed by atoms with Crippen LogP contribution in [0.25, 0.3) is 0 Å². The molecule has 72 valence electrons. The zero-order valence-corrected chi connectivity index (χ0v) is 7.83. The Morgan fingerprint density at radius 2 is 2.00 bits per heavy atom. The predicted molar refractivity (Wildman–Crippen MR) is 49.8 cm³/mol. The van der Waals surface area contributed by atoms with Gasteiger partial charge in [-0.1, -0.05) is 18.2 Å². The third-order valence-corrected chi connectivity index (χ3v) is 1.94. The highest BCUT2D eigenvalue weighted by Gasteiger charge is 2.18. The van der Waals surface area contributed by atoms with Gasteiger partial charge in [-0.25, -0.2) is 4.39 Å². The first-order valence-corrected chi connectivity index (χ1v) is 4.19. The monoisotopic (exact) mass is 183 g/mol. The summed E-state index contributed by atoms with van der Waals surface area (Å²) in [4.78, 5) is 0. The molecule has 0 amide bonds. The van der Waals surface area contributed by atoms with Crippen molar-refractivity contribution in [2.45, 2.75) is 19.1 Å². The summed E-state index contributed by atoms with van der Waals surface area (Å²) in [5.41, 5.74) is 6.17. The van der Waals surface area contributed by atoms with Gasteiger partial charge in [-0.3, -0.25) is 0 Å². The molecule has 1 aromatic carbocycles. The van der Waals surface area contributed by atoms with Gasteiger partial charge in [-0.05, 0) is 13.0 Å². The van der Waals surface area contributed by atoms with Crippen molar-refractivity contribution < 1.29 is 9.13 Å². The molecule has 1 aromatic rings. The van der Waals surface area contributed by atoms with Crippen molar-refractivity contribution >= 4 is 0 Å². The van der Waals surface area contributed by atoms with Crippen molar-refractivity contribution in [2.24, 2.45) is 5.73 Å². The Labute approximate surface area is 77.5 Å². The van der Waals surface area contributed by atoms with Gasteiger partial charge in [0.2, 0.25) is 0 Å². The van der Waals surface area contributed by atoms with Crippen LogP contribution in [0, 0.1) is 5.82 Å². The summed E-state index contributed by atoms with van der Waals surface area (Å²) < 4.78 is 18.4. The molecule has 0 unspecified atom stereocenters. The van der Waals surface area contributed by atoms with Gasteiger partial charge in [0.05, 0.1) is 6.10 Å².